The van der Waals surface area contributed by atoms with E-state index in [1.54, 1.807) is 22.9 Å². The Kier molecular flexibility index (Phi) is 3.93. The van der Waals surface area contributed by atoms with E-state index in [9.17, 15) is 9.18 Å². The molecule has 20 heavy (non-hydrogen) atoms. The molecular weight excluding hydrogens is 263 g/mol. The molecule has 1 aromatic carbocycles. The standard InChI is InChI=1S/C14H15FN2O3/c1-19-11-4-3-9(12(15)6-11)7-17-8-10(16)5-13(17)14(18)20-2/h3-6,8H,7,16H2,1-2H3. The molecular formula is C14H15FN2O3. The molecule has 5 nitrogen and oxygen atoms in total. The SMILES string of the molecule is COC(=O)c1cc(N)cn1Cc1ccc(OC)cc1F. The molecule has 0 spiro atoms. The van der Waals surface area contributed by atoms with Crippen molar-refractivity contribution in [3.8, 4) is 5.75 Å². The van der Waals surface area contributed by atoms with Crippen LogP contribution in [0, 0.1) is 5.82 Å². The van der Waals surface area contributed by atoms with Crippen molar-refractivity contribution < 1.29 is 18.7 Å². The van der Waals surface area contributed by atoms with Gasteiger partial charge in [-0.25, -0.2) is 9.18 Å². The van der Waals surface area contributed by atoms with Crippen molar-refractivity contribution in [3.05, 3.63) is 47.5 Å². The molecule has 1 heterocycles. The van der Waals surface area contributed by atoms with Crippen LogP contribution >= 0.6 is 0 Å². The molecule has 0 aliphatic carbocycles. The molecule has 0 saturated heterocycles. The fourth-order valence-electron chi connectivity index (χ4n) is 1.91. The number of esters is 1. The molecule has 0 saturated carbocycles. The molecule has 106 valence electrons. The van der Waals surface area contributed by atoms with E-state index in [0.29, 0.717) is 17.0 Å². The number of methoxy groups -OCH3 is 2. The highest BCUT2D eigenvalue weighted by Crippen LogP contribution is 2.19. The molecule has 2 aromatic rings. The number of carbonyl (C=O) groups is 1. The van der Waals surface area contributed by atoms with Gasteiger partial charge >= 0.3 is 5.97 Å². The maximum absolute atomic E-state index is 13.9. The molecule has 0 aliphatic heterocycles. The summed E-state index contributed by atoms with van der Waals surface area (Å²) >= 11 is 0. The number of ether oxygens (including phenoxy) is 2. The highest BCUT2D eigenvalue weighted by Gasteiger charge is 2.14. The molecule has 0 unspecified atom stereocenters. The Morgan fingerprint density at radius 2 is 2.10 bits per heavy atom. The topological polar surface area (TPSA) is 66.5 Å². The van der Waals surface area contributed by atoms with Crippen molar-refractivity contribution in [2.75, 3.05) is 20.0 Å². The van der Waals surface area contributed by atoms with Crippen LogP contribution in [0.1, 0.15) is 16.1 Å². The Morgan fingerprint density at radius 1 is 1.35 bits per heavy atom. The normalized spacial score (nSPS) is 10.3. The minimum absolute atomic E-state index is 0.178. The summed E-state index contributed by atoms with van der Waals surface area (Å²) in [5.41, 5.74) is 6.78. The van der Waals surface area contributed by atoms with Crippen LogP contribution < -0.4 is 10.5 Å². The van der Waals surface area contributed by atoms with Crippen LogP contribution in [0.15, 0.2) is 30.5 Å². The van der Waals surface area contributed by atoms with Crippen LogP contribution in [-0.2, 0) is 11.3 Å². The van der Waals surface area contributed by atoms with Crippen LogP contribution in [0.4, 0.5) is 10.1 Å². The Morgan fingerprint density at radius 3 is 2.70 bits per heavy atom. The van der Waals surface area contributed by atoms with Gasteiger partial charge in [0, 0.05) is 17.8 Å². The number of benzene rings is 1. The van der Waals surface area contributed by atoms with Gasteiger partial charge in [-0.05, 0) is 12.1 Å². The van der Waals surface area contributed by atoms with Gasteiger partial charge in [0.05, 0.1) is 26.5 Å². The fourth-order valence-corrected chi connectivity index (χ4v) is 1.91. The summed E-state index contributed by atoms with van der Waals surface area (Å²) in [5.74, 6) is -0.491. The van der Waals surface area contributed by atoms with E-state index in [0.717, 1.165) is 0 Å². The van der Waals surface area contributed by atoms with Gasteiger partial charge in [-0.1, -0.05) is 6.07 Å². The average Bonchev–Trinajstić information content (AvgIpc) is 2.81. The maximum Gasteiger partial charge on any atom is 0.354 e. The predicted molar refractivity (Wildman–Crippen MR) is 72.2 cm³/mol. The van der Waals surface area contributed by atoms with E-state index < -0.39 is 11.8 Å². The van der Waals surface area contributed by atoms with E-state index >= 15 is 0 Å². The van der Waals surface area contributed by atoms with Crippen LogP contribution in [0.5, 0.6) is 5.75 Å². The molecule has 6 heteroatoms. The Balaban J connectivity index is 2.32. The Bertz CT molecular complexity index is 637. The first-order chi connectivity index (χ1) is 9.55. The first-order valence-corrected chi connectivity index (χ1v) is 5.91. The number of rotatable bonds is 4. The lowest BCUT2D eigenvalue weighted by molar-refractivity contribution is 0.0589. The number of hydrogen-bond donors (Lipinski definition) is 1. The minimum atomic E-state index is -0.518. The van der Waals surface area contributed by atoms with Gasteiger partial charge in [0.1, 0.15) is 17.3 Å². The molecule has 1 aromatic heterocycles. The smallest absolute Gasteiger partial charge is 0.354 e. The first-order valence-electron chi connectivity index (χ1n) is 5.91. The number of nitrogens with two attached hydrogens (primary N) is 1. The number of aromatic nitrogens is 1. The third kappa shape index (κ3) is 2.74. The number of carbonyl (C=O) groups excluding carboxylic acids is 1. The van der Waals surface area contributed by atoms with Crippen LogP contribution in [-0.4, -0.2) is 24.8 Å². The molecule has 0 fully saturated rings. The predicted octanol–water partition coefficient (Wildman–Crippen LogP) is 2.05. The lowest BCUT2D eigenvalue weighted by atomic mass is 10.2. The lowest BCUT2D eigenvalue weighted by Gasteiger charge is -2.09. The average molecular weight is 278 g/mol. The number of nitrogens with zero attached hydrogens (tertiary/aromatic N) is 1. The number of nitrogen functional groups attached to an aromatic ring is 1. The van der Waals surface area contributed by atoms with E-state index in [4.69, 9.17) is 10.5 Å². The summed E-state index contributed by atoms with van der Waals surface area (Å²) in [5, 5.41) is 0. The molecule has 0 bridgehead atoms. The van der Waals surface area contributed by atoms with Gasteiger partial charge in [-0.3, -0.25) is 0 Å². The largest absolute Gasteiger partial charge is 0.497 e. The van der Waals surface area contributed by atoms with E-state index in [1.165, 1.54) is 26.4 Å². The molecule has 2 rings (SSSR count). The summed E-state index contributed by atoms with van der Waals surface area (Å²) in [6.07, 6.45) is 1.57. The number of hydrogen-bond acceptors (Lipinski definition) is 4. The summed E-state index contributed by atoms with van der Waals surface area (Å²) in [4.78, 5) is 11.6. The van der Waals surface area contributed by atoms with E-state index in [1.807, 2.05) is 0 Å². The zero-order valence-corrected chi connectivity index (χ0v) is 11.2. The van der Waals surface area contributed by atoms with Gasteiger partial charge < -0.3 is 19.8 Å². The van der Waals surface area contributed by atoms with Crippen LogP contribution in [0.25, 0.3) is 0 Å². The highest BCUT2D eigenvalue weighted by atomic mass is 19.1. The minimum Gasteiger partial charge on any atom is -0.497 e. The van der Waals surface area contributed by atoms with E-state index in [-0.39, 0.29) is 12.2 Å². The third-order valence-electron chi connectivity index (χ3n) is 2.91. The van der Waals surface area contributed by atoms with Gasteiger partial charge in [0.15, 0.2) is 0 Å². The van der Waals surface area contributed by atoms with Gasteiger partial charge in [-0.15, -0.1) is 0 Å². The van der Waals surface area contributed by atoms with Crippen molar-refractivity contribution >= 4 is 11.7 Å². The van der Waals surface area contributed by atoms with Crippen molar-refractivity contribution in [1.82, 2.24) is 4.57 Å². The molecule has 2 N–H and O–H groups in total. The van der Waals surface area contributed by atoms with Crippen molar-refractivity contribution in [2.24, 2.45) is 0 Å². The maximum atomic E-state index is 13.9. The van der Waals surface area contributed by atoms with Gasteiger partial charge in [0.25, 0.3) is 0 Å². The zero-order valence-electron chi connectivity index (χ0n) is 11.2. The summed E-state index contributed by atoms with van der Waals surface area (Å²) in [6.45, 7) is 0.178. The summed E-state index contributed by atoms with van der Waals surface area (Å²) < 4.78 is 25.1. The molecule has 0 aliphatic rings. The quantitative estimate of drug-likeness (QED) is 0.869. The first kappa shape index (κ1) is 13.9. The van der Waals surface area contributed by atoms with Crippen molar-refractivity contribution in [1.29, 1.82) is 0 Å². The molecule has 0 amide bonds. The van der Waals surface area contributed by atoms with Crippen LogP contribution in [0.3, 0.4) is 0 Å². The second-order valence-electron chi connectivity index (χ2n) is 4.24. The third-order valence-corrected chi connectivity index (χ3v) is 2.91. The van der Waals surface area contributed by atoms with E-state index in [2.05, 4.69) is 4.74 Å². The number of anilines is 1. The summed E-state index contributed by atoms with van der Waals surface area (Å²) in [7, 11) is 2.75. The van der Waals surface area contributed by atoms with Gasteiger partial charge in [0.2, 0.25) is 0 Å². The highest BCUT2D eigenvalue weighted by molar-refractivity contribution is 5.89. The monoisotopic (exact) mass is 278 g/mol. The second-order valence-corrected chi connectivity index (χ2v) is 4.24. The fraction of sp³-hybridized carbons (Fsp3) is 0.214. The van der Waals surface area contributed by atoms with Crippen molar-refractivity contribution in [2.45, 2.75) is 6.54 Å². The summed E-state index contributed by atoms with van der Waals surface area (Å²) in [6, 6.07) is 6.04. The Hall–Kier alpha value is -2.50. The number of halogens is 1. The second kappa shape index (κ2) is 5.64. The molecule has 0 radical (unpaired) electrons. The van der Waals surface area contributed by atoms with Gasteiger partial charge in [-0.2, -0.15) is 0 Å². The lowest BCUT2D eigenvalue weighted by Crippen LogP contribution is -2.11. The Labute approximate surface area is 115 Å². The molecule has 0 atom stereocenters. The van der Waals surface area contributed by atoms with Crippen molar-refractivity contribution in [3.63, 3.8) is 0 Å². The zero-order chi connectivity index (χ0) is 14.7. The van der Waals surface area contributed by atoms with Crippen LogP contribution in [0.2, 0.25) is 0 Å².